The van der Waals surface area contributed by atoms with Gasteiger partial charge in [-0.15, -0.1) is 5.10 Å². The summed E-state index contributed by atoms with van der Waals surface area (Å²) in [7, 11) is 0. The summed E-state index contributed by atoms with van der Waals surface area (Å²) < 4.78 is 1.77. The Labute approximate surface area is 164 Å². The van der Waals surface area contributed by atoms with Gasteiger partial charge in [-0.3, -0.25) is 9.78 Å². The van der Waals surface area contributed by atoms with Gasteiger partial charge >= 0.3 is 0 Å². The van der Waals surface area contributed by atoms with Crippen LogP contribution in [0.5, 0.6) is 0 Å². The zero-order valence-corrected chi connectivity index (χ0v) is 16.4. The number of carbonyl (C=O) groups excluding carboxylic acids is 1. The molecule has 0 saturated carbocycles. The largest absolute Gasteiger partial charge is 0.334 e. The highest BCUT2D eigenvalue weighted by molar-refractivity contribution is 5.94. The van der Waals surface area contributed by atoms with Crippen LogP contribution in [0, 0.1) is 6.92 Å². The number of pyridine rings is 1. The molecule has 0 spiro atoms. The molecule has 0 atom stereocenters. The van der Waals surface area contributed by atoms with Crippen molar-refractivity contribution in [2.75, 3.05) is 19.6 Å². The van der Waals surface area contributed by atoms with Crippen LogP contribution in [-0.2, 0) is 0 Å². The molecule has 28 heavy (non-hydrogen) atoms. The van der Waals surface area contributed by atoms with Crippen molar-refractivity contribution >= 4 is 16.7 Å². The second-order valence-corrected chi connectivity index (χ2v) is 7.29. The average Bonchev–Trinajstić information content (AvgIpc) is 3.13. The summed E-state index contributed by atoms with van der Waals surface area (Å²) in [6, 6.07) is 8.22. The zero-order valence-electron chi connectivity index (χ0n) is 16.4. The molecule has 3 heterocycles. The molecule has 1 aliphatic rings. The second kappa shape index (κ2) is 8.06. The van der Waals surface area contributed by atoms with Crippen molar-refractivity contribution in [2.45, 2.75) is 39.2 Å². The standard InChI is InChI=1S/C21H26N6O/c1-3-13-26(17-7-10-22-11-8-17)21(28)20-15(2)27(25-24-20)19-6-4-5-16-14-23-12-9-18(16)19/h4-6,9,12,14,17,22H,3,7-8,10-11,13H2,1-2H3. The van der Waals surface area contributed by atoms with Crippen LogP contribution in [0.1, 0.15) is 42.4 Å². The Kier molecular flexibility index (Phi) is 5.34. The Morgan fingerprint density at radius 3 is 2.89 bits per heavy atom. The van der Waals surface area contributed by atoms with Crippen molar-refractivity contribution < 1.29 is 4.79 Å². The van der Waals surface area contributed by atoms with Crippen LogP contribution in [0.2, 0.25) is 0 Å². The lowest BCUT2D eigenvalue weighted by Crippen LogP contribution is -2.46. The van der Waals surface area contributed by atoms with E-state index in [2.05, 4.69) is 27.5 Å². The summed E-state index contributed by atoms with van der Waals surface area (Å²) in [6.07, 6.45) is 6.49. The van der Waals surface area contributed by atoms with Crippen LogP contribution >= 0.6 is 0 Å². The molecule has 2 aromatic heterocycles. The maximum absolute atomic E-state index is 13.3. The van der Waals surface area contributed by atoms with Gasteiger partial charge in [-0.2, -0.15) is 0 Å². The Morgan fingerprint density at radius 2 is 2.11 bits per heavy atom. The summed E-state index contributed by atoms with van der Waals surface area (Å²) in [4.78, 5) is 19.5. The minimum atomic E-state index is -0.0144. The summed E-state index contributed by atoms with van der Waals surface area (Å²) in [5, 5.41) is 14.1. The Bertz CT molecular complexity index is 971. The van der Waals surface area contributed by atoms with Gasteiger partial charge in [-0.1, -0.05) is 24.3 Å². The van der Waals surface area contributed by atoms with Gasteiger partial charge in [-0.05, 0) is 51.4 Å². The lowest BCUT2D eigenvalue weighted by atomic mass is 10.0. The molecule has 1 fully saturated rings. The molecule has 1 amide bonds. The Balaban J connectivity index is 1.70. The molecular formula is C21H26N6O. The average molecular weight is 378 g/mol. The summed E-state index contributed by atoms with van der Waals surface area (Å²) >= 11 is 0. The molecule has 1 aromatic carbocycles. The molecule has 0 aliphatic carbocycles. The molecule has 1 saturated heterocycles. The predicted molar refractivity (Wildman–Crippen MR) is 109 cm³/mol. The first kappa shape index (κ1) is 18.6. The first-order chi connectivity index (χ1) is 13.7. The van der Waals surface area contributed by atoms with E-state index in [0.717, 1.165) is 61.1 Å². The van der Waals surface area contributed by atoms with Crippen molar-refractivity contribution in [3.05, 3.63) is 48.0 Å². The number of hydrogen-bond acceptors (Lipinski definition) is 5. The third-order valence-electron chi connectivity index (χ3n) is 5.46. The van der Waals surface area contributed by atoms with E-state index in [4.69, 9.17) is 0 Å². The number of nitrogens with zero attached hydrogens (tertiary/aromatic N) is 5. The number of piperidine rings is 1. The van der Waals surface area contributed by atoms with Gasteiger partial charge in [0.25, 0.3) is 5.91 Å². The predicted octanol–water partition coefficient (Wildman–Crippen LogP) is 2.73. The van der Waals surface area contributed by atoms with Crippen LogP contribution in [0.15, 0.2) is 36.7 Å². The van der Waals surface area contributed by atoms with Crippen LogP contribution in [0.3, 0.4) is 0 Å². The number of nitrogens with one attached hydrogen (secondary N) is 1. The van der Waals surface area contributed by atoms with Crippen LogP contribution in [0.4, 0.5) is 0 Å². The van der Waals surface area contributed by atoms with Crippen molar-refractivity contribution in [3.8, 4) is 5.69 Å². The van der Waals surface area contributed by atoms with E-state index in [1.165, 1.54) is 0 Å². The molecule has 1 N–H and O–H groups in total. The minimum Gasteiger partial charge on any atom is -0.334 e. The van der Waals surface area contributed by atoms with Gasteiger partial charge in [0.05, 0.1) is 11.4 Å². The fourth-order valence-corrected chi connectivity index (χ4v) is 3.99. The van der Waals surface area contributed by atoms with E-state index in [1.54, 1.807) is 10.9 Å². The first-order valence-corrected chi connectivity index (χ1v) is 9.97. The SMILES string of the molecule is CCCN(C(=O)c1nnn(-c2cccc3cnccc23)c1C)C1CCNCC1. The molecule has 0 bridgehead atoms. The van der Waals surface area contributed by atoms with Crippen molar-refractivity contribution in [2.24, 2.45) is 0 Å². The molecule has 0 unspecified atom stereocenters. The summed E-state index contributed by atoms with van der Waals surface area (Å²) in [5.41, 5.74) is 2.12. The van der Waals surface area contributed by atoms with Crippen LogP contribution in [-0.4, -0.2) is 56.5 Å². The minimum absolute atomic E-state index is 0.0144. The van der Waals surface area contributed by atoms with Crippen molar-refractivity contribution in [1.82, 2.24) is 30.2 Å². The van der Waals surface area contributed by atoms with Crippen LogP contribution < -0.4 is 5.32 Å². The fraction of sp³-hybridized carbons (Fsp3) is 0.429. The highest BCUT2D eigenvalue weighted by Crippen LogP contribution is 2.24. The third kappa shape index (κ3) is 3.38. The molecule has 7 nitrogen and oxygen atoms in total. The smallest absolute Gasteiger partial charge is 0.276 e. The van der Waals surface area contributed by atoms with E-state index >= 15 is 0 Å². The number of carbonyl (C=O) groups is 1. The zero-order chi connectivity index (χ0) is 19.5. The van der Waals surface area contributed by atoms with E-state index in [0.29, 0.717) is 5.69 Å². The molecular weight excluding hydrogens is 352 g/mol. The van der Waals surface area contributed by atoms with E-state index < -0.39 is 0 Å². The Hall–Kier alpha value is -2.80. The number of fused-ring (bicyclic) bond motifs is 1. The monoisotopic (exact) mass is 378 g/mol. The molecule has 4 rings (SSSR count). The maximum Gasteiger partial charge on any atom is 0.276 e. The lowest BCUT2D eigenvalue weighted by Gasteiger charge is -2.34. The number of hydrogen-bond donors (Lipinski definition) is 1. The lowest BCUT2D eigenvalue weighted by molar-refractivity contribution is 0.0635. The Morgan fingerprint density at radius 1 is 1.29 bits per heavy atom. The molecule has 7 heteroatoms. The number of aromatic nitrogens is 4. The van der Waals surface area contributed by atoms with Crippen LogP contribution in [0.25, 0.3) is 16.5 Å². The second-order valence-electron chi connectivity index (χ2n) is 7.29. The highest BCUT2D eigenvalue weighted by atomic mass is 16.2. The number of benzene rings is 1. The van der Waals surface area contributed by atoms with E-state index in [1.807, 2.05) is 42.3 Å². The van der Waals surface area contributed by atoms with Gasteiger partial charge in [0.2, 0.25) is 0 Å². The highest BCUT2D eigenvalue weighted by Gasteiger charge is 2.29. The molecule has 0 radical (unpaired) electrons. The number of amides is 1. The molecule has 146 valence electrons. The van der Waals surface area contributed by atoms with Gasteiger partial charge in [-0.25, -0.2) is 4.68 Å². The van der Waals surface area contributed by atoms with Gasteiger partial charge in [0.15, 0.2) is 5.69 Å². The summed E-state index contributed by atoms with van der Waals surface area (Å²) in [6.45, 7) is 6.67. The van der Waals surface area contributed by atoms with Gasteiger partial charge in [0.1, 0.15) is 0 Å². The first-order valence-electron chi connectivity index (χ1n) is 9.97. The van der Waals surface area contributed by atoms with E-state index in [9.17, 15) is 4.79 Å². The quantitative estimate of drug-likeness (QED) is 0.739. The maximum atomic E-state index is 13.3. The molecule has 3 aromatic rings. The normalized spacial score (nSPS) is 15.1. The summed E-state index contributed by atoms with van der Waals surface area (Å²) in [5.74, 6) is -0.0144. The third-order valence-corrected chi connectivity index (χ3v) is 5.46. The molecule has 1 aliphatic heterocycles. The van der Waals surface area contributed by atoms with Crippen molar-refractivity contribution in [1.29, 1.82) is 0 Å². The van der Waals surface area contributed by atoms with Gasteiger partial charge in [0, 0.05) is 35.8 Å². The van der Waals surface area contributed by atoms with Crippen molar-refractivity contribution in [3.63, 3.8) is 0 Å². The van der Waals surface area contributed by atoms with Gasteiger partial charge < -0.3 is 10.2 Å². The topological polar surface area (TPSA) is 75.9 Å². The van der Waals surface area contributed by atoms with E-state index in [-0.39, 0.29) is 11.9 Å². The number of rotatable bonds is 5. The fourth-order valence-electron chi connectivity index (χ4n) is 3.99.